The van der Waals surface area contributed by atoms with Gasteiger partial charge in [0.05, 0.1) is 11.3 Å². The van der Waals surface area contributed by atoms with Crippen molar-refractivity contribution in [2.75, 3.05) is 0 Å². The number of carboxylic acid groups (broad SMARTS) is 1. The Kier molecular flexibility index (Phi) is 4.70. The van der Waals surface area contributed by atoms with E-state index in [-0.39, 0.29) is 11.5 Å². The van der Waals surface area contributed by atoms with Crippen molar-refractivity contribution in [2.45, 2.75) is 19.8 Å². The fourth-order valence-corrected chi connectivity index (χ4v) is 2.33. The van der Waals surface area contributed by atoms with E-state index in [9.17, 15) is 9.90 Å². The lowest BCUT2D eigenvalue weighted by Gasteiger charge is -2.08. The predicted octanol–water partition coefficient (Wildman–Crippen LogP) is 4.12. The van der Waals surface area contributed by atoms with Crippen molar-refractivity contribution in [3.8, 4) is 11.5 Å². The summed E-state index contributed by atoms with van der Waals surface area (Å²) in [7, 11) is 0. The summed E-state index contributed by atoms with van der Waals surface area (Å²) >= 11 is 0. The topological polar surface area (TPSA) is 89.1 Å². The molecule has 25 heavy (non-hydrogen) atoms. The molecule has 0 saturated heterocycles. The first kappa shape index (κ1) is 16.6. The quantitative estimate of drug-likeness (QED) is 0.754. The van der Waals surface area contributed by atoms with Gasteiger partial charge in [0.25, 0.3) is 0 Å². The third-order valence-corrected chi connectivity index (χ3v) is 3.56. The van der Waals surface area contributed by atoms with Crippen LogP contribution < -0.4 is 0 Å². The van der Waals surface area contributed by atoms with Gasteiger partial charge in [-0.15, -0.1) is 0 Å². The fourth-order valence-electron chi connectivity index (χ4n) is 2.33. The van der Waals surface area contributed by atoms with Crippen LogP contribution >= 0.6 is 0 Å². The van der Waals surface area contributed by atoms with E-state index in [0.29, 0.717) is 23.1 Å². The number of aromatic nitrogens is 3. The van der Waals surface area contributed by atoms with Crippen LogP contribution in [0.4, 0.5) is 0 Å². The van der Waals surface area contributed by atoms with Gasteiger partial charge in [0.15, 0.2) is 5.82 Å². The molecule has 0 bridgehead atoms. The molecule has 0 unspecified atom stereocenters. The first-order valence-electron chi connectivity index (χ1n) is 7.84. The zero-order chi connectivity index (χ0) is 17.8. The summed E-state index contributed by atoms with van der Waals surface area (Å²) < 4.78 is 5.47. The number of hydrogen-bond donors (Lipinski definition) is 1. The molecule has 6 nitrogen and oxygen atoms in total. The monoisotopic (exact) mass is 335 g/mol. The van der Waals surface area contributed by atoms with Crippen LogP contribution in [-0.2, 0) is 0 Å². The normalized spacial score (nSPS) is 11.3. The molecule has 0 radical (unpaired) electrons. The van der Waals surface area contributed by atoms with Gasteiger partial charge in [-0.2, -0.15) is 0 Å². The van der Waals surface area contributed by atoms with Crippen LogP contribution in [0, 0.1) is 0 Å². The van der Waals surface area contributed by atoms with E-state index in [2.05, 4.69) is 15.0 Å². The summed E-state index contributed by atoms with van der Waals surface area (Å²) in [6.45, 7) is 3.79. The number of oxazole rings is 1. The molecular formula is C19H17N3O3. The Morgan fingerprint density at radius 2 is 1.92 bits per heavy atom. The second-order valence-corrected chi connectivity index (χ2v) is 5.76. The summed E-state index contributed by atoms with van der Waals surface area (Å²) in [6.07, 6.45) is 6.30. The van der Waals surface area contributed by atoms with Gasteiger partial charge < -0.3 is 9.52 Å². The molecule has 0 spiro atoms. The molecule has 2 heterocycles. The van der Waals surface area contributed by atoms with Crippen molar-refractivity contribution in [3.63, 3.8) is 0 Å². The Balaban J connectivity index is 1.84. The minimum atomic E-state index is -1.02. The minimum Gasteiger partial charge on any atom is -0.478 e. The molecule has 0 saturated carbocycles. The summed E-state index contributed by atoms with van der Waals surface area (Å²) in [5.41, 5.74) is 2.16. The molecule has 1 N–H and O–H groups in total. The molecule has 1 aromatic carbocycles. The molecule has 6 heteroatoms. The number of hydrogen-bond acceptors (Lipinski definition) is 5. The Hall–Kier alpha value is -3.28. The van der Waals surface area contributed by atoms with Gasteiger partial charge in [0.1, 0.15) is 12.0 Å². The molecule has 3 rings (SSSR count). The summed E-state index contributed by atoms with van der Waals surface area (Å²) in [5.74, 6) is -0.0792. The molecule has 0 aliphatic heterocycles. The SMILES string of the molecule is CC(C)c1nc(/C=C/c2coc(-c3ccccc3)n2)ncc1C(=O)O. The zero-order valence-corrected chi connectivity index (χ0v) is 13.9. The third-order valence-electron chi connectivity index (χ3n) is 3.56. The standard InChI is InChI=1S/C19H17N3O3/c1-12(2)17-15(19(23)24)10-20-16(22-17)9-8-14-11-25-18(21-14)13-6-4-3-5-7-13/h3-12H,1-2H3,(H,23,24)/b9-8+. The van der Waals surface area contributed by atoms with Crippen LogP contribution in [0.15, 0.2) is 47.2 Å². The number of benzene rings is 1. The highest BCUT2D eigenvalue weighted by Gasteiger charge is 2.15. The van der Waals surface area contributed by atoms with E-state index in [1.807, 2.05) is 44.2 Å². The van der Waals surface area contributed by atoms with Gasteiger partial charge >= 0.3 is 5.97 Å². The van der Waals surface area contributed by atoms with Crippen LogP contribution in [0.25, 0.3) is 23.6 Å². The van der Waals surface area contributed by atoms with Crippen molar-refractivity contribution in [2.24, 2.45) is 0 Å². The van der Waals surface area contributed by atoms with Gasteiger partial charge in [-0.1, -0.05) is 32.0 Å². The van der Waals surface area contributed by atoms with Crippen molar-refractivity contribution in [1.82, 2.24) is 15.0 Å². The average molecular weight is 335 g/mol. The van der Waals surface area contributed by atoms with Crippen molar-refractivity contribution >= 4 is 18.1 Å². The number of carbonyl (C=O) groups is 1. The summed E-state index contributed by atoms with van der Waals surface area (Å²) in [5, 5.41) is 9.20. The second-order valence-electron chi connectivity index (χ2n) is 5.76. The van der Waals surface area contributed by atoms with Crippen LogP contribution in [0.5, 0.6) is 0 Å². The highest BCUT2D eigenvalue weighted by atomic mass is 16.4. The number of rotatable bonds is 5. The maximum Gasteiger partial charge on any atom is 0.339 e. The van der Waals surface area contributed by atoms with E-state index in [1.54, 1.807) is 18.4 Å². The van der Waals surface area contributed by atoms with Crippen LogP contribution in [-0.4, -0.2) is 26.0 Å². The first-order chi connectivity index (χ1) is 12.0. The highest BCUT2D eigenvalue weighted by Crippen LogP contribution is 2.20. The number of carboxylic acids is 1. The minimum absolute atomic E-state index is 0.0158. The Labute approximate surface area is 144 Å². The van der Waals surface area contributed by atoms with Crippen molar-refractivity contribution in [1.29, 1.82) is 0 Å². The fraction of sp³-hybridized carbons (Fsp3) is 0.158. The summed E-state index contributed by atoms with van der Waals surface area (Å²) in [4.78, 5) is 24.1. The maximum atomic E-state index is 11.2. The predicted molar refractivity (Wildman–Crippen MR) is 93.9 cm³/mol. The van der Waals surface area contributed by atoms with Gasteiger partial charge in [-0.3, -0.25) is 0 Å². The molecule has 126 valence electrons. The lowest BCUT2D eigenvalue weighted by atomic mass is 10.1. The molecule has 2 aromatic heterocycles. The van der Waals surface area contributed by atoms with Crippen LogP contribution in [0.3, 0.4) is 0 Å². The highest BCUT2D eigenvalue weighted by molar-refractivity contribution is 5.88. The lowest BCUT2D eigenvalue weighted by molar-refractivity contribution is 0.0694. The van der Waals surface area contributed by atoms with Gasteiger partial charge in [-0.05, 0) is 30.2 Å². The molecule has 0 amide bonds. The van der Waals surface area contributed by atoms with Crippen molar-refractivity contribution in [3.05, 3.63) is 65.6 Å². The number of aromatic carboxylic acids is 1. The maximum absolute atomic E-state index is 11.2. The molecule has 3 aromatic rings. The van der Waals surface area contributed by atoms with Crippen LogP contribution in [0.1, 0.15) is 47.3 Å². The first-order valence-corrected chi connectivity index (χ1v) is 7.84. The van der Waals surface area contributed by atoms with Crippen molar-refractivity contribution < 1.29 is 14.3 Å². The van der Waals surface area contributed by atoms with Crippen LogP contribution in [0.2, 0.25) is 0 Å². The van der Waals surface area contributed by atoms with E-state index in [0.717, 1.165) is 5.56 Å². The molecule has 0 aliphatic rings. The zero-order valence-electron chi connectivity index (χ0n) is 13.9. The van der Waals surface area contributed by atoms with E-state index in [1.165, 1.54) is 6.20 Å². The molecule has 0 aliphatic carbocycles. The van der Waals surface area contributed by atoms with E-state index < -0.39 is 5.97 Å². The smallest absolute Gasteiger partial charge is 0.339 e. The Morgan fingerprint density at radius 3 is 2.60 bits per heavy atom. The number of nitrogens with zero attached hydrogens (tertiary/aromatic N) is 3. The van der Waals surface area contributed by atoms with E-state index in [4.69, 9.17) is 4.42 Å². The third kappa shape index (κ3) is 3.80. The summed E-state index contributed by atoms with van der Waals surface area (Å²) in [6, 6.07) is 9.60. The second kappa shape index (κ2) is 7.09. The Bertz CT molecular complexity index is 915. The average Bonchev–Trinajstić information content (AvgIpc) is 3.09. The molecule has 0 atom stereocenters. The molecular weight excluding hydrogens is 318 g/mol. The van der Waals surface area contributed by atoms with Gasteiger partial charge in [0.2, 0.25) is 5.89 Å². The molecule has 0 fully saturated rings. The van der Waals surface area contributed by atoms with E-state index >= 15 is 0 Å². The lowest BCUT2D eigenvalue weighted by Crippen LogP contribution is -2.08. The largest absolute Gasteiger partial charge is 0.478 e. The Morgan fingerprint density at radius 1 is 1.16 bits per heavy atom. The van der Waals surface area contributed by atoms with Gasteiger partial charge in [0, 0.05) is 11.8 Å². The van der Waals surface area contributed by atoms with Gasteiger partial charge in [-0.25, -0.2) is 19.7 Å².